The summed E-state index contributed by atoms with van der Waals surface area (Å²) in [5.41, 5.74) is -0.863. The van der Waals surface area contributed by atoms with E-state index in [1.54, 1.807) is 0 Å². The van der Waals surface area contributed by atoms with Crippen molar-refractivity contribution in [3.63, 3.8) is 0 Å². The standard InChI is InChI=1S/C22H26F2N2O2/c1-21(2,17-9-4-3-5-10-17)25-15-22(28)12-7-13-26(20(22)27)14-16-8-6-11-18(23)19(16)24/h3-6,8-11,25,28H,7,12-15H2,1-2H3/t22-/m0/s1. The fourth-order valence-electron chi connectivity index (χ4n) is 3.58. The van der Waals surface area contributed by atoms with Crippen LogP contribution in [0.1, 0.15) is 37.8 Å². The third-order valence-electron chi connectivity index (χ3n) is 5.41. The molecule has 4 nitrogen and oxygen atoms in total. The predicted molar refractivity (Wildman–Crippen MR) is 103 cm³/mol. The maximum absolute atomic E-state index is 14.0. The summed E-state index contributed by atoms with van der Waals surface area (Å²) in [4.78, 5) is 14.3. The van der Waals surface area contributed by atoms with Gasteiger partial charge in [0.05, 0.1) is 0 Å². The van der Waals surface area contributed by atoms with Crippen LogP contribution >= 0.6 is 0 Å². The van der Waals surface area contributed by atoms with Gasteiger partial charge in [-0.25, -0.2) is 8.78 Å². The van der Waals surface area contributed by atoms with Gasteiger partial charge in [-0.2, -0.15) is 0 Å². The lowest BCUT2D eigenvalue weighted by atomic mass is 9.88. The smallest absolute Gasteiger partial charge is 0.256 e. The molecule has 6 heteroatoms. The van der Waals surface area contributed by atoms with Crippen molar-refractivity contribution in [2.75, 3.05) is 13.1 Å². The van der Waals surface area contributed by atoms with Crippen molar-refractivity contribution < 1.29 is 18.7 Å². The molecule has 1 aliphatic rings. The number of hydrogen-bond donors (Lipinski definition) is 2. The first-order chi connectivity index (χ1) is 13.2. The molecule has 3 rings (SSSR count). The zero-order chi connectivity index (χ0) is 20.4. The topological polar surface area (TPSA) is 52.6 Å². The van der Waals surface area contributed by atoms with Gasteiger partial charge in [0.1, 0.15) is 0 Å². The number of hydrogen-bond acceptors (Lipinski definition) is 3. The van der Waals surface area contributed by atoms with E-state index in [0.717, 1.165) is 11.6 Å². The number of amides is 1. The van der Waals surface area contributed by atoms with Crippen LogP contribution in [-0.4, -0.2) is 34.6 Å². The third-order valence-corrected chi connectivity index (χ3v) is 5.41. The first-order valence-electron chi connectivity index (χ1n) is 9.48. The minimum Gasteiger partial charge on any atom is -0.379 e. The molecule has 0 saturated carbocycles. The van der Waals surface area contributed by atoms with Crippen molar-refractivity contribution in [2.45, 2.75) is 44.4 Å². The molecule has 0 radical (unpaired) electrons. The number of aliphatic hydroxyl groups is 1. The number of nitrogens with one attached hydrogen (secondary N) is 1. The molecule has 2 aromatic carbocycles. The van der Waals surface area contributed by atoms with Crippen molar-refractivity contribution in [1.82, 2.24) is 10.2 Å². The number of rotatable bonds is 6. The van der Waals surface area contributed by atoms with Gasteiger partial charge in [-0.1, -0.05) is 42.5 Å². The maximum Gasteiger partial charge on any atom is 0.256 e. The van der Waals surface area contributed by atoms with Crippen molar-refractivity contribution in [3.05, 3.63) is 71.3 Å². The summed E-state index contributed by atoms with van der Waals surface area (Å²) in [5, 5.41) is 14.3. The van der Waals surface area contributed by atoms with E-state index in [9.17, 15) is 18.7 Å². The molecule has 1 fully saturated rings. The summed E-state index contributed by atoms with van der Waals surface area (Å²) in [6, 6.07) is 13.7. The van der Waals surface area contributed by atoms with Crippen LogP contribution in [0.3, 0.4) is 0 Å². The number of carbonyl (C=O) groups excluding carboxylic acids is 1. The monoisotopic (exact) mass is 388 g/mol. The molecular weight excluding hydrogens is 362 g/mol. The van der Waals surface area contributed by atoms with Gasteiger partial charge in [-0.15, -0.1) is 0 Å². The van der Waals surface area contributed by atoms with E-state index < -0.39 is 28.7 Å². The lowest BCUT2D eigenvalue weighted by Gasteiger charge is -2.40. The summed E-state index contributed by atoms with van der Waals surface area (Å²) in [7, 11) is 0. The molecule has 28 heavy (non-hydrogen) atoms. The fourth-order valence-corrected chi connectivity index (χ4v) is 3.58. The highest BCUT2D eigenvalue weighted by atomic mass is 19.2. The quantitative estimate of drug-likeness (QED) is 0.798. The summed E-state index contributed by atoms with van der Waals surface area (Å²) < 4.78 is 27.4. The van der Waals surface area contributed by atoms with Crippen LogP contribution in [0.25, 0.3) is 0 Å². The first-order valence-corrected chi connectivity index (χ1v) is 9.48. The highest BCUT2D eigenvalue weighted by molar-refractivity contribution is 5.86. The second-order valence-corrected chi connectivity index (χ2v) is 7.92. The van der Waals surface area contributed by atoms with E-state index in [1.807, 2.05) is 44.2 Å². The van der Waals surface area contributed by atoms with Gasteiger partial charge in [0.2, 0.25) is 0 Å². The zero-order valence-electron chi connectivity index (χ0n) is 16.2. The molecule has 0 unspecified atom stereocenters. The summed E-state index contributed by atoms with van der Waals surface area (Å²) in [6.07, 6.45) is 0.915. The molecule has 1 amide bonds. The van der Waals surface area contributed by atoms with E-state index in [1.165, 1.54) is 17.0 Å². The van der Waals surface area contributed by atoms with Crippen molar-refractivity contribution in [1.29, 1.82) is 0 Å². The molecule has 1 heterocycles. The van der Waals surface area contributed by atoms with E-state index in [4.69, 9.17) is 0 Å². The predicted octanol–water partition coefficient (Wildman–Crippen LogP) is 3.34. The first kappa shape index (κ1) is 20.4. The SMILES string of the molecule is CC(C)(NC[C@@]1(O)CCCN(Cc2cccc(F)c2F)C1=O)c1ccccc1. The van der Waals surface area contributed by atoms with Crippen LogP contribution in [0.4, 0.5) is 8.78 Å². The van der Waals surface area contributed by atoms with Gasteiger partial charge in [-0.3, -0.25) is 4.79 Å². The van der Waals surface area contributed by atoms with E-state index >= 15 is 0 Å². The minimum absolute atomic E-state index is 0.0627. The summed E-state index contributed by atoms with van der Waals surface area (Å²) in [5.74, 6) is -2.35. The van der Waals surface area contributed by atoms with Crippen molar-refractivity contribution >= 4 is 5.91 Å². The molecule has 1 aliphatic heterocycles. The molecule has 0 spiro atoms. The Hall–Kier alpha value is -2.31. The second-order valence-electron chi connectivity index (χ2n) is 7.92. The molecule has 2 aromatic rings. The largest absolute Gasteiger partial charge is 0.379 e. The van der Waals surface area contributed by atoms with Gasteiger partial charge in [0.25, 0.3) is 5.91 Å². The molecule has 1 atom stereocenters. The Kier molecular flexibility index (Phi) is 5.82. The Labute approximate surface area is 164 Å². The second kappa shape index (κ2) is 7.97. The molecule has 0 aromatic heterocycles. The van der Waals surface area contributed by atoms with E-state index in [2.05, 4.69) is 5.32 Å². The number of piperidine rings is 1. The zero-order valence-corrected chi connectivity index (χ0v) is 16.2. The van der Waals surface area contributed by atoms with E-state index in [0.29, 0.717) is 19.4 Å². The number of halogens is 2. The summed E-state index contributed by atoms with van der Waals surface area (Å²) >= 11 is 0. The van der Waals surface area contributed by atoms with Crippen LogP contribution < -0.4 is 5.32 Å². The fraction of sp³-hybridized carbons (Fsp3) is 0.409. The molecule has 2 N–H and O–H groups in total. The van der Waals surface area contributed by atoms with Crippen LogP contribution in [-0.2, 0) is 16.9 Å². The van der Waals surface area contributed by atoms with Crippen molar-refractivity contribution in [2.24, 2.45) is 0 Å². The average molecular weight is 388 g/mol. The Morgan fingerprint density at radius 1 is 1.14 bits per heavy atom. The number of nitrogens with zero attached hydrogens (tertiary/aromatic N) is 1. The van der Waals surface area contributed by atoms with Crippen LogP contribution in [0.5, 0.6) is 0 Å². The molecular formula is C22H26F2N2O2. The average Bonchev–Trinajstić information content (AvgIpc) is 2.68. The molecule has 1 saturated heterocycles. The third kappa shape index (κ3) is 4.23. The highest BCUT2D eigenvalue weighted by Gasteiger charge is 2.43. The van der Waals surface area contributed by atoms with Gasteiger partial charge < -0.3 is 15.3 Å². The minimum atomic E-state index is -1.58. The Balaban J connectivity index is 1.71. The highest BCUT2D eigenvalue weighted by Crippen LogP contribution is 2.27. The van der Waals surface area contributed by atoms with Gasteiger partial charge in [-0.05, 0) is 38.3 Å². The molecule has 150 valence electrons. The van der Waals surface area contributed by atoms with Crippen molar-refractivity contribution in [3.8, 4) is 0 Å². The van der Waals surface area contributed by atoms with Gasteiger partial charge >= 0.3 is 0 Å². The van der Waals surface area contributed by atoms with Crippen LogP contribution in [0, 0.1) is 11.6 Å². The number of benzene rings is 2. The Morgan fingerprint density at radius 2 is 1.86 bits per heavy atom. The molecule has 0 aliphatic carbocycles. The lowest BCUT2D eigenvalue weighted by Crippen LogP contribution is -2.59. The lowest BCUT2D eigenvalue weighted by molar-refractivity contribution is -0.157. The Bertz CT molecular complexity index is 842. The van der Waals surface area contributed by atoms with Crippen LogP contribution in [0.2, 0.25) is 0 Å². The van der Waals surface area contributed by atoms with E-state index in [-0.39, 0.29) is 18.7 Å². The van der Waals surface area contributed by atoms with Crippen LogP contribution in [0.15, 0.2) is 48.5 Å². The maximum atomic E-state index is 14.0. The Morgan fingerprint density at radius 3 is 2.57 bits per heavy atom. The van der Waals surface area contributed by atoms with Gasteiger partial charge in [0, 0.05) is 30.7 Å². The molecule has 0 bridgehead atoms. The summed E-state index contributed by atoms with van der Waals surface area (Å²) in [6.45, 7) is 4.39. The normalized spacial score (nSPS) is 20.5. The number of carbonyl (C=O) groups is 1. The van der Waals surface area contributed by atoms with Gasteiger partial charge in [0.15, 0.2) is 17.2 Å². The number of likely N-dealkylation sites (tertiary alicyclic amines) is 1.